The van der Waals surface area contributed by atoms with Gasteiger partial charge in [0.05, 0.1) is 5.25 Å². The zero-order valence-electron chi connectivity index (χ0n) is 14.3. The first-order chi connectivity index (χ1) is 12.8. The smallest absolute Gasteiger partial charge is 0.257 e. The molecule has 2 fully saturated rings. The van der Waals surface area contributed by atoms with E-state index >= 15 is 0 Å². The summed E-state index contributed by atoms with van der Waals surface area (Å²) in [7, 11) is 0. The second-order valence-electron chi connectivity index (χ2n) is 7.10. The van der Waals surface area contributed by atoms with Crippen molar-refractivity contribution in [3.8, 4) is 22.6 Å². The molecular weight excluding hydrogens is 342 g/mol. The number of Topliss-reactive ketones (excluding diaryl/α,β-unsaturated/α-hetero) is 1. The third-order valence-electron chi connectivity index (χ3n) is 5.50. The van der Waals surface area contributed by atoms with Gasteiger partial charge in [-0.1, -0.05) is 72.4 Å². The predicted molar refractivity (Wildman–Crippen MR) is 103 cm³/mol. The Labute approximate surface area is 156 Å². The van der Waals surface area contributed by atoms with E-state index in [0.717, 1.165) is 41.8 Å². The van der Waals surface area contributed by atoms with Crippen LogP contribution in [-0.4, -0.2) is 16.0 Å². The van der Waals surface area contributed by atoms with Gasteiger partial charge in [0.2, 0.25) is 0 Å². The van der Waals surface area contributed by atoms with Crippen LogP contribution in [-0.2, 0) is 4.79 Å². The molecule has 1 aromatic heterocycles. The van der Waals surface area contributed by atoms with Crippen molar-refractivity contribution in [3.63, 3.8) is 0 Å². The average molecular weight is 361 g/mol. The fourth-order valence-corrected chi connectivity index (χ4v) is 5.45. The highest BCUT2D eigenvalue weighted by molar-refractivity contribution is 8.00. The summed E-state index contributed by atoms with van der Waals surface area (Å²) < 4.78 is 6.17. The monoisotopic (exact) mass is 361 g/mol. The number of benzene rings is 2. The van der Waals surface area contributed by atoms with Crippen LogP contribution in [0.15, 0.2) is 70.3 Å². The van der Waals surface area contributed by atoms with Gasteiger partial charge in [-0.3, -0.25) is 4.79 Å². The number of oxazole rings is 1. The van der Waals surface area contributed by atoms with Crippen molar-refractivity contribution in [2.45, 2.75) is 29.7 Å². The van der Waals surface area contributed by atoms with Crippen LogP contribution in [0.25, 0.3) is 22.6 Å². The molecule has 3 atom stereocenters. The SMILES string of the molecule is O=C1[C@H]2CC[C@@H](C2)[C@@H]1Sc1nc(-c2ccccc2)c(-c2ccccc2)o1. The Morgan fingerprint density at radius 1 is 0.923 bits per heavy atom. The Kier molecular flexibility index (Phi) is 3.93. The zero-order chi connectivity index (χ0) is 17.5. The third-order valence-corrected chi connectivity index (χ3v) is 6.75. The molecule has 2 aromatic carbocycles. The molecule has 5 rings (SSSR count). The molecule has 2 aliphatic rings. The van der Waals surface area contributed by atoms with Gasteiger partial charge in [0.1, 0.15) is 11.5 Å². The van der Waals surface area contributed by atoms with Crippen LogP contribution in [0, 0.1) is 11.8 Å². The number of nitrogens with zero attached hydrogens (tertiary/aromatic N) is 1. The molecule has 0 saturated heterocycles. The number of hydrogen-bond acceptors (Lipinski definition) is 4. The Morgan fingerprint density at radius 3 is 2.27 bits per heavy atom. The third kappa shape index (κ3) is 2.69. The fourth-order valence-electron chi connectivity index (χ4n) is 4.21. The summed E-state index contributed by atoms with van der Waals surface area (Å²) in [6, 6.07) is 20.1. The van der Waals surface area contributed by atoms with E-state index in [-0.39, 0.29) is 11.2 Å². The Balaban J connectivity index is 1.53. The molecule has 0 amide bonds. The van der Waals surface area contributed by atoms with Gasteiger partial charge in [0.15, 0.2) is 5.76 Å². The first-order valence-corrected chi connectivity index (χ1v) is 9.99. The Morgan fingerprint density at radius 2 is 1.62 bits per heavy atom. The summed E-state index contributed by atoms with van der Waals surface area (Å²) in [6.07, 6.45) is 3.27. The molecule has 26 heavy (non-hydrogen) atoms. The molecule has 1 heterocycles. The van der Waals surface area contributed by atoms with Crippen LogP contribution in [0.5, 0.6) is 0 Å². The number of fused-ring (bicyclic) bond motifs is 2. The molecule has 0 N–H and O–H groups in total. The highest BCUT2D eigenvalue weighted by Crippen LogP contribution is 2.49. The summed E-state index contributed by atoms with van der Waals surface area (Å²) >= 11 is 1.52. The van der Waals surface area contributed by atoms with Crippen molar-refractivity contribution < 1.29 is 9.21 Å². The lowest BCUT2D eigenvalue weighted by molar-refractivity contribution is -0.121. The first kappa shape index (κ1) is 15.9. The Hall–Kier alpha value is -2.33. The minimum Gasteiger partial charge on any atom is -0.431 e. The highest BCUT2D eigenvalue weighted by atomic mass is 32.2. The lowest BCUT2D eigenvalue weighted by atomic mass is 9.99. The molecule has 3 nitrogen and oxygen atoms in total. The molecule has 2 bridgehead atoms. The van der Waals surface area contributed by atoms with E-state index in [1.54, 1.807) is 0 Å². The van der Waals surface area contributed by atoms with Crippen LogP contribution in [0.2, 0.25) is 0 Å². The summed E-state index contributed by atoms with van der Waals surface area (Å²) in [4.78, 5) is 17.3. The van der Waals surface area contributed by atoms with Crippen LogP contribution in [0.4, 0.5) is 0 Å². The molecular formula is C22H19NO2S. The lowest BCUT2D eigenvalue weighted by Gasteiger charge is -2.17. The van der Waals surface area contributed by atoms with Crippen molar-refractivity contribution in [2.75, 3.05) is 0 Å². The van der Waals surface area contributed by atoms with Crippen molar-refractivity contribution in [1.82, 2.24) is 4.98 Å². The lowest BCUT2D eigenvalue weighted by Crippen LogP contribution is -2.24. The fraction of sp³-hybridized carbons (Fsp3) is 0.273. The minimum absolute atomic E-state index is 0.0136. The minimum atomic E-state index is 0.0136. The maximum absolute atomic E-state index is 12.5. The van der Waals surface area contributed by atoms with Crippen LogP contribution in [0.3, 0.4) is 0 Å². The van der Waals surface area contributed by atoms with E-state index in [0.29, 0.717) is 16.9 Å². The summed E-state index contributed by atoms with van der Waals surface area (Å²) in [5, 5.41) is 0.619. The number of rotatable bonds is 4. The molecule has 4 heteroatoms. The second-order valence-corrected chi connectivity index (χ2v) is 8.19. The van der Waals surface area contributed by atoms with Crippen molar-refractivity contribution in [1.29, 1.82) is 0 Å². The number of hydrogen-bond donors (Lipinski definition) is 0. The van der Waals surface area contributed by atoms with Crippen molar-refractivity contribution in [2.24, 2.45) is 11.8 Å². The van der Waals surface area contributed by atoms with E-state index in [4.69, 9.17) is 9.40 Å². The maximum Gasteiger partial charge on any atom is 0.257 e. The van der Waals surface area contributed by atoms with E-state index < -0.39 is 0 Å². The number of carbonyl (C=O) groups is 1. The van der Waals surface area contributed by atoms with E-state index in [9.17, 15) is 4.79 Å². The standard InChI is InChI=1S/C22H19NO2S/c24-19-16-11-12-17(13-16)21(19)26-22-23-18(14-7-3-1-4-8-14)20(25-22)15-9-5-2-6-10-15/h1-10,16-17,21H,11-13H2/t16-,17-,21-/m0/s1. The van der Waals surface area contributed by atoms with Gasteiger partial charge in [0, 0.05) is 17.0 Å². The summed E-state index contributed by atoms with van der Waals surface area (Å²) in [5.74, 6) is 1.93. The molecule has 0 spiro atoms. The van der Waals surface area contributed by atoms with Gasteiger partial charge >= 0.3 is 0 Å². The number of ketones is 1. The topological polar surface area (TPSA) is 43.1 Å². The predicted octanol–water partition coefficient (Wildman–Crippen LogP) is 5.47. The van der Waals surface area contributed by atoms with Crippen LogP contribution >= 0.6 is 11.8 Å². The normalized spacial score (nSPS) is 24.3. The molecule has 0 radical (unpaired) electrons. The number of aromatic nitrogens is 1. The molecule has 130 valence electrons. The van der Waals surface area contributed by atoms with E-state index in [2.05, 4.69) is 0 Å². The van der Waals surface area contributed by atoms with Gasteiger partial charge in [-0.25, -0.2) is 4.98 Å². The first-order valence-electron chi connectivity index (χ1n) is 9.11. The summed E-state index contributed by atoms with van der Waals surface area (Å²) in [6.45, 7) is 0. The maximum atomic E-state index is 12.5. The van der Waals surface area contributed by atoms with Gasteiger partial charge in [-0.2, -0.15) is 0 Å². The highest BCUT2D eigenvalue weighted by Gasteiger charge is 2.47. The van der Waals surface area contributed by atoms with Crippen LogP contribution in [0.1, 0.15) is 19.3 Å². The van der Waals surface area contributed by atoms with Crippen molar-refractivity contribution >= 4 is 17.5 Å². The molecule has 2 saturated carbocycles. The molecule has 3 aromatic rings. The van der Waals surface area contributed by atoms with Crippen molar-refractivity contribution in [3.05, 3.63) is 60.7 Å². The summed E-state index contributed by atoms with van der Waals surface area (Å²) in [5.41, 5.74) is 2.88. The Bertz CT molecular complexity index is 878. The number of thioether (sulfide) groups is 1. The average Bonchev–Trinajstić information content (AvgIpc) is 3.40. The second kappa shape index (κ2) is 6.44. The van der Waals surface area contributed by atoms with Gasteiger partial charge in [-0.15, -0.1) is 0 Å². The van der Waals surface area contributed by atoms with Gasteiger partial charge in [0.25, 0.3) is 5.22 Å². The molecule has 2 aliphatic carbocycles. The molecule has 0 unspecified atom stereocenters. The van der Waals surface area contributed by atoms with E-state index in [1.165, 1.54) is 11.8 Å². The molecule has 0 aliphatic heterocycles. The van der Waals surface area contributed by atoms with Gasteiger partial charge < -0.3 is 4.42 Å². The van der Waals surface area contributed by atoms with Gasteiger partial charge in [-0.05, 0) is 25.2 Å². The largest absolute Gasteiger partial charge is 0.431 e. The van der Waals surface area contributed by atoms with Crippen LogP contribution < -0.4 is 0 Å². The van der Waals surface area contributed by atoms with E-state index in [1.807, 2.05) is 60.7 Å². The zero-order valence-corrected chi connectivity index (χ0v) is 15.1. The number of carbonyl (C=O) groups excluding carboxylic acids is 1. The quantitative estimate of drug-likeness (QED) is 0.618.